The highest BCUT2D eigenvalue weighted by molar-refractivity contribution is 5.40. The van der Waals surface area contributed by atoms with Crippen molar-refractivity contribution in [3.63, 3.8) is 0 Å². The normalized spacial score (nSPS) is 14.8. The van der Waals surface area contributed by atoms with Crippen LogP contribution in [0.15, 0.2) is 36.7 Å². The summed E-state index contributed by atoms with van der Waals surface area (Å²) in [4.78, 5) is 4.26. The van der Waals surface area contributed by atoms with Crippen LogP contribution in [0.25, 0.3) is 0 Å². The van der Waals surface area contributed by atoms with Crippen molar-refractivity contribution in [2.75, 3.05) is 0 Å². The van der Waals surface area contributed by atoms with Gasteiger partial charge < -0.3 is 10.5 Å². The van der Waals surface area contributed by atoms with Crippen LogP contribution in [-0.4, -0.2) is 11.0 Å². The summed E-state index contributed by atoms with van der Waals surface area (Å²) in [6.07, 6.45) is 9.04. The van der Waals surface area contributed by atoms with Crippen molar-refractivity contribution >= 4 is 0 Å². The molecule has 1 heterocycles. The van der Waals surface area contributed by atoms with E-state index in [1.807, 2.05) is 12.3 Å². The molecule has 0 aliphatic heterocycles. The number of nitrogens with two attached hydrogens (primary N) is 1. The van der Waals surface area contributed by atoms with E-state index in [2.05, 4.69) is 30.1 Å². The van der Waals surface area contributed by atoms with Crippen LogP contribution < -0.4 is 10.5 Å². The molecule has 1 aliphatic rings. The molecule has 0 saturated heterocycles. The zero-order valence-corrected chi connectivity index (χ0v) is 12.5. The average molecular weight is 282 g/mol. The molecular weight excluding hydrogens is 260 g/mol. The molecular formula is C18H22N2O. The Morgan fingerprint density at radius 1 is 1.14 bits per heavy atom. The number of ether oxygens (including phenoxy) is 1. The molecule has 1 aromatic heterocycles. The van der Waals surface area contributed by atoms with Crippen LogP contribution in [0.5, 0.6) is 11.5 Å². The number of hydrogen-bond acceptors (Lipinski definition) is 3. The van der Waals surface area contributed by atoms with Gasteiger partial charge in [-0.1, -0.05) is 13.0 Å². The number of aryl methyl sites for hydroxylation is 2. The minimum Gasteiger partial charge on any atom is -0.456 e. The molecule has 3 heteroatoms. The van der Waals surface area contributed by atoms with Gasteiger partial charge in [-0.25, -0.2) is 0 Å². The lowest BCUT2D eigenvalue weighted by Crippen LogP contribution is -2.21. The number of fused-ring (bicyclic) bond motifs is 1. The van der Waals surface area contributed by atoms with Crippen LogP contribution in [0.3, 0.4) is 0 Å². The van der Waals surface area contributed by atoms with Gasteiger partial charge in [0.1, 0.15) is 11.5 Å². The summed E-state index contributed by atoms with van der Waals surface area (Å²) in [5.74, 6) is 1.68. The van der Waals surface area contributed by atoms with Crippen LogP contribution in [-0.2, 0) is 19.3 Å². The molecule has 110 valence electrons. The lowest BCUT2D eigenvalue weighted by atomic mass is 10.1. The van der Waals surface area contributed by atoms with E-state index in [4.69, 9.17) is 10.5 Å². The van der Waals surface area contributed by atoms with Gasteiger partial charge >= 0.3 is 0 Å². The minimum absolute atomic E-state index is 0.182. The molecule has 0 amide bonds. The lowest BCUT2D eigenvalue weighted by molar-refractivity contribution is 0.478. The summed E-state index contributed by atoms with van der Waals surface area (Å²) >= 11 is 0. The Morgan fingerprint density at radius 3 is 2.86 bits per heavy atom. The molecule has 1 aliphatic carbocycles. The van der Waals surface area contributed by atoms with E-state index in [0.717, 1.165) is 36.3 Å². The van der Waals surface area contributed by atoms with Gasteiger partial charge in [-0.05, 0) is 67.0 Å². The Kier molecular flexibility index (Phi) is 4.20. The summed E-state index contributed by atoms with van der Waals surface area (Å²) in [5.41, 5.74) is 10.0. The number of hydrogen-bond donors (Lipinski definition) is 1. The maximum Gasteiger partial charge on any atom is 0.145 e. The predicted molar refractivity (Wildman–Crippen MR) is 84.7 cm³/mol. The van der Waals surface area contributed by atoms with Crippen molar-refractivity contribution in [1.82, 2.24) is 4.98 Å². The first-order valence-electron chi connectivity index (χ1n) is 7.73. The highest BCUT2D eigenvalue weighted by Crippen LogP contribution is 2.29. The zero-order valence-electron chi connectivity index (χ0n) is 12.5. The summed E-state index contributed by atoms with van der Waals surface area (Å²) in [7, 11) is 0. The molecule has 0 radical (unpaired) electrons. The molecule has 0 spiro atoms. The van der Waals surface area contributed by atoms with Crippen molar-refractivity contribution in [3.8, 4) is 11.5 Å². The quantitative estimate of drug-likeness (QED) is 0.910. The largest absolute Gasteiger partial charge is 0.456 e. The van der Waals surface area contributed by atoms with Crippen molar-refractivity contribution < 1.29 is 4.74 Å². The first-order valence-corrected chi connectivity index (χ1v) is 7.73. The Labute approximate surface area is 126 Å². The molecule has 1 unspecified atom stereocenters. The highest BCUT2D eigenvalue weighted by Gasteiger charge is 2.11. The molecule has 0 saturated carbocycles. The van der Waals surface area contributed by atoms with E-state index >= 15 is 0 Å². The highest BCUT2D eigenvalue weighted by atomic mass is 16.5. The number of aromatic nitrogens is 1. The summed E-state index contributed by atoms with van der Waals surface area (Å²) < 4.78 is 5.96. The van der Waals surface area contributed by atoms with E-state index in [9.17, 15) is 0 Å². The van der Waals surface area contributed by atoms with Gasteiger partial charge in [-0.2, -0.15) is 0 Å². The molecule has 1 aromatic carbocycles. The Balaban J connectivity index is 1.74. The standard InChI is InChI=1S/C18H22N2O/c1-2-16(19)8-13-9-18(12-20-11-13)21-17-7-6-14-4-3-5-15(14)10-17/h6-7,9-12,16H,2-5,8,19H2,1H3. The van der Waals surface area contributed by atoms with E-state index < -0.39 is 0 Å². The molecule has 3 nitrogen and oxygen atoms in total. The van der Waals surface area contributed by atoms with Crippen LogP contribution in [0.2, 0.25) is 0 Å². The Morgan fingerprint density at radius 2 is 2.00 bits per heavy atom. The molecule has 3 rings (SSSR count). The van der Waals surface area contributed by atoms with Crippen molar-refractivity contribution in [2.45, 2.75) is 45.1 Å². The smallest absolute Gasteiger partial charge is 0.145 e. The van der Waals surface area contributed by atoms with E-state index in [-0.39, 0.29) is 6.04 Å². The maximum absolute atomic E-state index is 6.00. The molecule has 0 bridgehead atoms. The second-order valence-electron chi connectivity index (χ2n) is 5.79. The summed E-state index contributed by atoms with van der Waals surface area (Å²) in [5, 5.41) is 0. The monoisotopic (exact) mass is 282 g/mol. The van der Waals surface area contributed by atoms with E-state index in [1.54, 1.807) is 6.20 Å². The van der Waals surface area contributed by atoms with Crippen LogP contribution >= 0.6 is 0 Å². The van der Waals surface area contributed by atoms with Gasteiger partial charge in [-0.15, -0.1) is 0 Å². The van der Waals surface area contributed by atoms with Crippen LogP contribution in [0.4, 0.5) is 0 Å². The van der Waals surface area contributed by atoms with Gasteiger partial charge in [0.2, 0.25) is 0 Å². The lowest BCUT2D eigenvalue weighted by Gasteiger charge is -2.11. The zero-order chi connectivity index (χ0) is 14.7. The summed E-state index contributed by atoms with van der Waals surface area (Å²) in [6.45, 7) is 2.10. The van der Waals surface area contributed by atoms with Gasteiger partial charge in [0.25, 0.3) is 0 Å². The predicted octanol–water partition coefficient (Wildman–Crippen LogP) is 3.64. The molecule has 0 fully saturated rings. The minimum atomic E-state index is 0.182. The fourth-order valence-electron chi connectivity index (χ4n) is 2.83. The van der Waals surface area contributed by atoms with Crippen LogP contribution in [0.1, 0.15) is 36.5 Å². The van der Waals surface area contributed by atoms with Gasteiger partial charge in [0, 0.05) is 12.2 Å². The maximum atomic E-state index is 6.00. The fraction of sp³-hybridized carbons (Fsp3) is 0.389. The Hall–Kier alpha value is -1.87. The van der Waals surface area contributed by atoms with Gasteiger partial charge in [0.05, 0.1) is 6.20 Å². The van der Waals surface area contributed by atoms with Crippen molar-refractivity contribution in [3.05, 3.63) is 53.3 Å². The SMILES string of the molecule is CCC(N)Cc1cncc(Oc2ccc3c(c2)CCC3)c1. The number of nitrogens with zero attached hydrogens (tertiary/aromatic N) is 1. The molecule has 21 heavy (non-hydrogen) atoms. The second-order valence-corrected chi connectivity index (χ2v) is 5.79. The second kappa shape index (κ2) is 6.27. The fourth-order valence-corrected chi connectivity index (χ4v) is 2.83. The van der Waals surface area contributed by atoms with E-state index in [0.29, 0.717) is 0 Å². The van der Waals surface area contributed by atoms with Crippen molar-refractivity contribution in [2.24, 2.45) is 5.73 Å². The van der Waals surface area contributed by atoms with Crippen LogP contribution in [0, 0.1) is 0 Å². The molecule has 2 aromatic rings. The molecule has 2 N–H and O–H groups in total. The van der Waals surface area contributed by atoms with Gasteiger partial charge in [-0.3, -0.25) is 4.98 Å². The first-order chi connectivity index (χ1) is 10.2. The number of pyridine rings is 1. The Bertz CT molecular complexity index is 624. The molecule has 1 atom stereocenters. The number of rotatable bonds is 5. The van der Waals surface area contributed by atoms with Crippen molar-refractivity contribution in [1.29, 1.82) is 0 Å². The first kappa shape index (κ1) is 14.1. The average Bonchev–Trinajstić information content (AvgIpc) is 2.95. The summed E-state index contributed by atoms with van der Waals surface area (Å²) in [6, 6.07) is 8.61. The van der Waals surface area contributed by atoms with Gasteiger partial charge in [0.15, 0.2) is 0 Å². The number of benzene rings is 1. The van der Waals surface area contributed by atoms with E-state index in [1.165, 1.54) is 24.0 Å². The third-order valence-corrected chi connectivity index (χ3v) is 4.10. The third kappa shape index (κ3) is 3.42. The topological polar surface area (TPSA) is 48.1 Å². The third-order valence-electron chi connectivity index (χ3n) is 4.10.